The summed E-state index contributed by atoms with van der Waals surface area (Å²) in [6.45, 7) is 6.00. The van der Waals surface area contributed by atoms with Crippen molar-refractivity contribution >= 4 is 0 Å². The summed E-state index contributed by atoms with van der Waals surface area (Å²) in [5, 5.41) is 12.9. The van der Waals surface area contributed by atoms with Gasteiger partial charge in [-0.3, -0.25) is 4.90 Å². The summed E-state index contributed by atoms with van der Waals surface area (Å²) in [7, 11) is 2.09. The number of hydrogen-bond donors (Lipinski definition) is 2. The van der Waals surface area contributed by atoms with E-state index in [2.05, 4.69) is 24.2 Å². The van der Waals surface area contributed by atoms with Crippen LogP contribution in [0.2, 0.25) is 0 Å². The maximum Gasteiger partial charge on any atom is 0.0639 e. The first-order chi connectivity index (χ1) is 6.61. The van der Waals surface area contributed by atoms with Crippen molar-refractivity contribution in [2.24, 2.45) is 0 Å². The van der Waals surface area contributed by atoms with Gasteiger partial charge >= 0.3 is 0 Å². The molecule has 0 spiro atoms. The fraction of sp³-hybridized carbons (Fsp3) is 1.00. The van der Waals surface area contributed by atoms with Crippen molar-refractivity contribution in [2.45, 2.75) is 51.3 Å². The number of nitrogens with zero attached hydrogens (tertiary/aromatic N) is 1. The molecular weight excluding hydrogens is 176 g/mol. The van der Waals surface area contributed by atoms with Crippen LogP contribution in [-0.4, -0.2) is 48.3 Å². The van der Waals surface area contributed by atoms with E-state index in [4.69, 9.17) is 0 Å². The Kier molecular flexibility index (Phi) is 4.85. The molecule has 14 heavy (non-hydrogen) atoms. The molecule has 2 N–H and O–H groups in total. The average molecular weight is 200 g/mol. The van der Waals surface area contributed by atoms with Crippen molar-refractivity contribution in [1.82, 2.24) is 10.2 Å². The molecule has 3 atom stereocenters. The number of aliphatic hydroxyl groups excluding tert-OH is 1. The molecule has 1 heterocycles. The zero-order valence-electron chi connectivity index (χ0n) is 9.66. The highest BCUT2D eigenvalue weighted by Gasteiger charge is 2.22. The van der Waals surface area contributed by atoms with Crippen LogP contribution in [0.1, 0.15) is 33.1 Å². The molecule has 1 saturated heterocycles. The van der Waals surface area contributed by atoms with Crippen LogP contribution < -0.4 is 5.32 Å². The molecule has 0 bridgehead atoms. The van der Waals surface area contributed by atoms with Crippen LogP contribution in [0, 0.1) is 0 Å². The lowest BCUT2D eigenvalue weighted by molar-refractivity contribution is 0.103. The van der Waals surface area contributed by atoms with Crippen molar-refractivity contribution in [3.8, 4) is 0 Å². The largest absolute Gasteiger partial charge is 0.392 e. The molecule has 0 saturated carbocycles. The number of piperidine rings is 1. The Morgan fingerprint density at radius 2 is 2.14 bits per heavy atom. The number of hydrogen-bond acceptors (Lipinski definition) is 3. The van der Waals surface area contributed by atoms with Gasteiger partial charge in [-0.1, -0.05) is 6.42 Å². The third-order valence-electron chi connectivity index (χ3n) is 3.18. The van der Waals surface area contributed by atoms with Crippen molar-refractivity contribution in [1.29, 1.82) is 0 Å². The van der Waals surface area contributed by atoms with Gasteiger partial charge in [0.1, 0.15) is 0 Å². The molecule has 84 valence electrons. The third kappa shape index (κ3) is 3.56. The van der Waals surface area contributed by atoms with Crippen LogP contribution in [0.5, 0.6) is 0 Å². The van der Waals surface area contributed by atoms with Gasteiger partial charge in [-0.25, -0.2) is 0 Å². The van der Waals surface area contributed by atoms with Crippen LogP contribution in [0.4, 0.5) is 0 Å². The summed E-state index contributed by atoms with van der Waals surface area (Å²) in [6, 6.07) is 1.12. The normalized spacial score (nSPS) is 27.6. The summed E-state index contributed by atoms with van der Waals surface area (Å²) >= 11 is 0. The van der Waals surface area contributed by atoms with Crippen LogP contribution in [0.3, 0.4) is 0 Å². The molecule has 1 aliphatic rings. The standard InChI is InChI=1S/C11H24N2O/c1-9(14)8-13(3)10(2)11-6-4-5-7-12-11/h9-12,14H,4-8H2,1-3H3. The SMILES string of the molecule is CC(O)CN(C)C(C)C1CCCCN1. The number of rotatable bonds is 4. The second-order valence-corrected chi connectivity index (χ2v) is 4.59. The molecule has 1 aliphatic heterocycles. The minimum atomic E-state index is -0.231. The van der Waals surface area contributed by atoms with Crippen LogP contribution >= 0.6 is 0 Å². The summed E-state index contributed by atoms with van der Waals surface area (Å²) in [6.07, 6.45) is 3.69. The van der Waals surface area contributed by atoms with Crippen molar-refractivity contribution in [3.63, 3.8) is 0 Å². The van der Waals surface area contributed by atoms with E-state index in [9.17, 15) is 5.11 Å². The summed E-state index contributed by atoms with van der Waals surface area (Å²) in [5.41, 5.74) is 0. The highest BCUT2D eigenvalue weighted by molar-refractivity contribution is 4.83. The molecule has 0 aromatic heterocycles. The van der Waals surface area contributed by atoms with Gasteiger partial charge in [-0.2, -0.15) is 0 Å². The lowest BCUT2D eigenvalue weighted by Crippen LogP contribution is -2.50. The smallest absolute Gasteiger partial charge is 0.0639 e. The average Bonchev–Trinajstić information content (AvgIpc) is 2.17. The molecule has 0 aromatic carbocycles. The summed E-state index contributed by atoms with van der Waals surface area (Å²) in [5.74, 6) is 0. The predicted molar refractivity (Wildman–Crippen MR) is 59.4 cm³/mol. The Hall–Kier alpha value is -0.120. The Balaban J connectivity index is 2.33. The lowest BCUT2D eigenvalue weighted by Gasteiger charge is -2.35. The van der Waals surface area contributed by atoms with Gasteiger partial charge in [-0.05, 0) is 40.3 Å². The molecular formula is C11H24N2O. The molecule has 3 heteroatoms. The van der Waals surface area contributed by atoms with Crippen LogP contribution in [-0.2, 0) is 0 Å². The Labute approximate surface area is 87.5 Å². The molecule has 0 amide bonds. The first-order valence-electron chi connectivity index (χ1n) is 5.73. The van der Waals surface area contributed by atoms with E-state index in [0.29, 0.717) is 12.1 Å². The molecule has 3 nitrogen and oxygen atoms in total. The quantitative estimate of drug-likeness (QED) is 0.705. The van der Waals surface area contributed by atoms with Crippen LogP contribution in [0.25, 0.3) is 0 Å². The van der Waals surface area contributed by atoms with E-state index >= 15 is 0 Å². The second-order valence-electron chi connectivity index (χ2n) is 4.59. The maximum absolute atomic E-state index is 9.31. The molecule has 0 aliphatic carbocycles. The van der Waals surface area contributed by atoms with E-state index in [-0.39, 0.29) is 6.10 Å². The molecule has 1 fully saturated rings. The molecule has 0 radical (unpaired) electrons. The minimum Gasteiger partial charge on any atom is -0.392 e. The van der Waals surface area contributed by atoms with Crippen molar-refractivity contribution in [3.05, 3.63) is 0 Å². The topological polar surface area (TPSA) is 35.5 Å². The van der Waals surface area contributed by atoms with Gasteiger partial charge in [0.2, 0.25) is 0 Å². The van der Waals surface area contributed by atoms with Crippen molar-refractivity contribution in [2.75, 3.05) is 20.1 Å². The fourth-order valence-electron chi connectivity index (χ4n) is 2.18. The highest BCUT2D eigenvalue weighted by atomic mass is 16.3. The van der Waals surface area contributed by atoms with E-state index in [1.165, 1.54) is 19.3 Å². The molecule has 3 unspecified atom stereocenters. The van der Waals surface area contributed by atoms with Gasteiger partial charge < -0.3 is 10.4 Å². The maximum atomic E-state index is 9.31. The van der Waals surface area contributed by atoms with Gasteiger partial charge in [0.25, 0.3) is 0 Å². The van der Waals surface area contributed by atoms with E-state index in [1.54, 1.807) is 0 Å². The minimum absolute atomic E-state index is 0.231. The van der Waals surface area contributed by atoms with Crippen molar-refractivity contribution < 1.29 is 5.11 Å². The number of aliphatic hydroxyl groups is 1. The predicted octanol–water partition coefficient (Wildman–Crippen LogP) is 0.830. The Bertz CT molecular complexity index is 155. The van der Waals surface area contributed by atoms with E-state index in [0.717, 1.165) is 13.1 Å². The lowest BCUT2D eigenvalue weighted by atomic mass is 9.98. The van der Waals surface area contributed by atoms with E-state index in [1.807, 2.05) is 6.92 Å². The molecule has 0 aromatic rings. The monoisotopic (exact) mass is 200 g/mol. The summed E-state index contributed by atoms with van der Waals surface area (Å²) < 4.78 is 0. The van der Waals surface area contributed by atoms with Crippen LogP contribution in [0.15, 0.2) is 0 Å². The van der Waals surface area contributed by atoms with Gasteiger partial charge in [0.15, 0.2) is 0 Å². The second kappa shape index (κ2) is 5.69. The number of likely N-dealkylation sites (N-methyl/N-ethyl adjacent to an activating group) is 1. The zero-order valence-corrected chi connectivity index (χ0v) is 9.66. The highest BCUT2D eigenvalue weighted by Crippen LogP contribution is 2.13. The van der Waals surface area contributed by atoms with E-state index < -0.39 is 0 Å². The first-order valence-corrected chi connectivity index (χ1v) is 5.73. The summed E-state index contributed by atoms with van der Waals surface area (Å²) in [4.78, 5) is 2.24. The van der Waals surface area contributed by atoms with Gasteiger partial charge in [0.05, 0.1) is 6.10 Å². The molecule has 1 rings (SSSR count). The fourth-order valence-corrected chi connectivity index (χ4v) is 2.18. The first kappa shape index (κ1) is 12.0. The Morgan fingerprint density at radius 1 is 1.43 bits per heavy atom. The number of nitrogens with one attached hydrogen (secondary N) is 1. The van der Waals surface area contributed by atoms with Gasteiger partial charge in [-0.15, -0.1) is 0 Å². The Morgan fingerprint density at radius 3 is 2.64 bits per heavy atom. The van der Waals surface area contributed by atoms with Gasteiger partial charge in [0, 0.05) is 18.6 Å². The third-order valence-corrected chi connectivity index (χ3v) is 3.18. The zero-order chi connectivity index (χ0) is 10.6.